The number of anilines is 1. The second kappa shape index (κ2) is 6.60. The highest BCUT2D eigenvalue weighted by Gasteiger charge is 2.23. The number of nitrogens with zero attached hydrogens (tertiary/aromatic N) is 2. The maximum atomic E-state index is 9.54. The van der Waals surface area contributed by atoms with Crippen LogP contribution in [0.1, 0.15) is 25.3 Å². The molecule has 1 aromatic carbocycles. The zero-order chi connectivity index (χ0) is 13.8. The summed E-state index contributed by atoms with van der Waals surface area (Å²) in [6, 6.07) is 6.25. The van der Waals surface area contributed by atoms with E-state index in [4.69, 9.17) is 11.6 Å². The van der Waals surface area contributed by atoms with Gasteiger partial charge < -0.3 is 14.9 Å². The molecule has 106 valence electrons. The van der Waals surface area contributed by atoms with E-state index < -0.39 is 0 Å². The third-order valence-electron chi connectivity index (χ3n) is 3.90. The van der Waals surface area contributed by atoms with Crippen LogP contribution in [0.4, 0.5) is 5.69 Å². The molecule has 4 heteroatoms. The van der Waals surface area contributed by atoms with Crippen molar-refractivity contribution in [3.63, 3.8) is 0 Å². The Kier molecular flexibility index (Phi) is 5.08. The van der Waals surface area contributed by atoms with Gasteiger partial charge in [0.25, 0.3) is 0 Å². The molecule has 19 heavy (non-hydrogen) atoms. The lowest BCUT2D eigenvalue weighted by Crippen LogP contribution is -2.40. The van der Waals surface area contributed by atoms with Crippen molar-refractivity contribution in [2.45, 2.75) is 32.4 Å². The zero-order valence-corrected chi connectivity index (χ0v) is 12.5. The molecule has 0 radical (unpaired) electrons. The van der Waals surface area contributed by atoms with Crippen molar-refractivity contribution >= 4 is 17.3 Å². The number of hydrogen-bond acceptors (Lipinski definition) is 3. The fourth-order valence-corrected chi connectivity index (χ4v) is 3.01. The number of benzene rings is 1. The summed E-state index contributed by atoms with van der Waals surface area (Å²) in [6.45, 7) is 5.50. The standard InChI is InChI=1S/C15H23ClN2O/c1-3-14-10-17(2)7-4-8-18(14)15-9-13(16)6-5-12(15)11-19/h5-6,9,14,19H,3-4,7-8,10-11H2,1-2H3. The minimum absolute atomic E-state index is 0.0648. The van der Waals surface area contributed by atoms with E-state index in [-0.39, 0.29) is 6.61 Å². The SMILES string of the molecule is CCC1CN(C)CCCN1c1cc(Cl)ccc1CO. The van der Waals surface area contributed by atoms with Gasteiger partial charge in [0, 0.05) is 35.4 Å². The Bertz CT molecular complexity index is 425. The van der Waals surface area contributed by atoms with E-state index in [1.807, 2.05) is 18.2 Å². The predicted octanol–water partition coefficient (Wildman–Crippen LogP) is 2.75. The predicted molar refractivity (Wildman–Crippen MR) is 80.9 cm³/mol. The van der Waals surface area contributed by atoms with Crippen LogP contribution in [0.3, 0.4) is 0 Å². The Morgan fingerprint density at radius 2 is 2.16 bits per heavy atom. The highest BCUT2D eigenvalue weighted by Crippen LogP contribution is 2.29. The van der Waals surface area contributed by atoms with Crippen molar-refractivity contribution in [3.05, 3.63) is 28.8 Å². The van der Waals surface area contributed by atoms with Gasteiger partial charge in [-0.1, -0.05) is 24.6 Å². The largest absolute Gasteiger partial charge is 0.392 e. The molecule has 2 rings (SSSR count). The summed E-state index contributed by atoms with van der Waals surface area (Å²) in [6.07, 6.45) is 2.24. The van der Waals surface area contributed by atoms with Gasteiger partial charge in [0.15, 0.2) is 0 Å². The summed E-state index contributed by atoms with van der Waals surface area (Å²) in [5.41, 5.74) is 2.06. The van der Waals surface area contributed by atoms with Crippen LogP contribution in [0.5, 0.6) is 0 Å². The number of hydrogen-bond donors (Lipinski definition) is 1. The number of rotatable bonds is 3. The number of aliphatic hydroxyl groups is 1. The van der Waals surface area contributed by atoms with Crippen molar-refractivity contribution < 1.29 is 5.11 Å². The third kappa shape index (κ3) is 3.41. The summed E-state index contributed by atoms with van der Waals surface area (Å²) < 4.78 is 0. The summed E-state index contributed by atoms with van der Waals surface area (Å²) >= 11 is 6.13. The number of likely N-dealkylation sites (N-methyl/N-ethyl adjacent to an activating group) is 1. The molecule has 1 saturated heterocycles. The lowest BCUT2D eigenvalue weighted by Gasteiger charge is -2.33. The first kappa shape index (κ1) is 14.6. The van der Waals surface area contributed by atoms with Gasteiger partial charge in [-0.2, -0.15) is 0 Å². The van der Waals surface area contributed by atoms with Gasteiger partial charge in [-0.3, -0.25) is 0 Å². The quantitative estimate of drug-likeness (QED) is 0.923. The fourth-order valence-electron chi connectivity index (χ4n) is 2.85. The van der Waals surface area contributed by atoms with Gasteiger partial charge in [-0.15, -0.1) is 0 Å². The lowest BCUT2D eigenvalue weighted by atomic mass is 10.1. The van der Waals surface area contributed by atoms with E-state index in [0.29, 0.717) is 6.04 Å². The van der Waals surface area contributed by atoms with Crippen molar-refractivity contribution in [3.8, 4) is 0 Å². The highest BCUT2D eigenvalue weighted by molar-refractivity contribution is 6.30. The first-order valence-electron chi connectivity index (χ1n) is 7.00. The maximum Gasteiger partial charge on any atom is 0.0702 e. The summed E-state index contributed by atoms with van der Waals surface area (Å²) in [7, 11) is 2.18. The summed E-state index contributed by atoms with van der Waals surface area (Å²) in [5.74, 6) is 0. The first-order valence-corrected chi connectivity index (χ1v) is 7.38. The van der Waals surface area contributed by atoms with Crippen molar-refractivity contribution in [1.29, 1.82) is 0 Å². The fraction of sp³-hybridized carbons (Fsp3) is 0.600. The molecule has 0 bridgehead atoms. The smallest absolute Gasteiger partial charge is 0.0702 e. The minimum Gasteiger partial charge on any atom is -0.392 e. The van der Waals surface area contributed by atoms with Crippen molar-refractivity contribution in [1.82, 2.24) is 4.90 Å². The van der Waals surface area contributed by atoms with E-state index in [1.165, 1.54) is 0 Å². The van der Waals surface area contributed by atoms with E-state index in [0.717, 1.165) is 48.7 Å². The summed E-state index contributed by atoms with van der Waals surface area (Å²) in [5, 5.41) is 10.3. The van der Waals surface area contributed by atoms with Crippen LogP contribution in [-0.2, 0) is 6.61 Å². The van der Waals surface area contributed by atoms with Crippen LogP contribution in [0, 0.1) is 0 Å². The van der Waals surface area contributed by atoms with Gasteiger partial charge in [0.05, 0.1) is 6.61 Å². The maximum absolute atomic E-state index is 9.54. The van der Waals surface area contributed by atoms with Crippen LogP contribution in [0.25, 0.3) is 0 Å². The Labute approximate surface area is 120 Å². The summed E-state index contributed by atoms with van der Waals surface area (Å²) in [4.78, 5) is 4.80. The Morgan fingerprint density at radius 3 is 2.84 bits per heavy atom. The second-order valence-corrected chi connectivity index (χ2v) is 5.74. The van der Waals surface area contributed by atoms with E-state index in [2.05, 4.69) is 23.8 Å². The minimum atomic E-state index is 0.0648. The molecule has 0 spiro atoms. The lowest BCUT2D eigenvalue weighted by molar-refractivity contribution is 0.281. The molecule has 1 atom stereocenters. The molecule has 0 aromatic heterocycles. The average Bonchev–Trinajstić information content (AvgIpc) is 2.60. The molecule has 1 heterocycles. The normalized spacial score (nSPS) is 21.5. The van der Waals surface area contributed by atoms with Crippen molar-refractivity contribution in [2.24, 2.45) is 0 Å². The van der Waals surface area contributed by atoms with Crippen LogP contribution < -0.4 is 4.90 Å². The molecule has 0 saturated carbocycles. The molecule has 0 aliphatic carbocycles. The average molecular weight is 283 g/mol. The molecular weight excluding hydrogens is 260 g/mol. The van der Waals surface area contributed by atoms with E-state index in [1.54, 1.807) is 0 Å². The second-order valence-electron chi connectivity index (χ2n) is 5.30. The monoisotopic (exact) mass is 282 g/mol. The molecule has 1 aromatic rings. The van der Waals surface area contributed by atoms with Gasteiger partial charge in [0.1, 0.15) is 0 Å². The third-order valence-corrected chi connectivity index (χ3v) is 4.14. The van der Waals surface area contributed by atoms with Crippen LogP contribution in [-0.4, -0.2) is 42.7 Å². The van der Waals surface area contributed by atoms with Gasteiger partial charge in [0.2, 0.25) is 0 Å². The molecule has 1 fully saturated rings. The molecule has 1 aliphatic heterocycles. The molecule has 1 aliphatic rings. The Hall–Kier alpha value is -0.770. The highest BCUT2D eigenvalue weighted by atomic mass is 35.5. The Morgan fingerprint density at radius 1 is 1.37 bits per heavy atom. The topological polar surface area (TPSA) is 26.7 Å². The zero-order valence-electron chi connectivity index (χ0n) is 11.8. The molecule has 1 unspecified atom stereocenters. The molecule has 3 nitrogen and oxygen atoms in total. The van der Waals surface area contributed by atoms with E-state index >= 15 is 0 Å². The van der Waals surface area contributed by atoms with Crippen LogP contribution in [0.2, 0.25) is 5.02 Å². The van der Waals surface area contributed by atoms with E-state index in [9.17, 15) is 5.11 Å². The van der Waals surface area contributed by atoms with Crippen molar-refractivity contribution in [2.75, 3.05) is 31.6 Å². The van der Waals surface area contributed by atoms with Gasteiger partial charge in [-0.25, -0.2) is 0 Å². The van der Waals surface area contributed by atoms with Gasteiger partial charge in [-0.05, 0) is 38.6 Å². The number of halogens is 1. The molecule has 0 amide bonds. The molecule has 1 N–H and O–H groups in total. The molecular formula is C15H23ClN2O. The van der Waals surface area contributed by atoms with Crippen LogP contribution in [0.15, 0.2) is 18.2 Å². The first-order chi connectivity index (χ1) is 9.15. The number of aliphatic hydroxyl groups excluding tert-OH is 1. The van der Waals surface area contributed by atoms with Crippen LogP contribution >= 0.6 is 11.6 Å². The Balaban J connectivity index is 2.34. The van der Waals surface area contributed by atoms with Gasteiger partial charge >= 0.3 is 0 Å².